The first-order valence-corrected chi connectivity index (χ1v) is 5.84. The van der Waals surface area contributed by atoms with Gasteiger partial charge in [0, 0.05) is 6.20 Å². The highest BCUT2D eigenvalue weighted by atomic mass is 19.1. The molecule has 0 amide bonds. The van der Waals surface area contributed by atoms with Crippen molar-refractivity contribution in [2.75, 3.05) is 0 Å². The molecule has 1 nitrogen and oxygen atoms in total. The van der Waals surface area contributed by atoms with Crippen LogP contribution < -0.4 is 0 Å². The topological polar surface area (TPSA) is 12.9 Å². The number of aryl methyl sites for hydroxylation is 1. The van der Waals surface area contributed by atoms with Gasteiger partial charge in [0.15, 0.2) is 0 Å². The molecule has 0 aliphatic rings. The van der Waals surface area contributed by atoms with E-state index >= 15 is 0 Å². The third kappa shape index (κ3) is 3.81. The maximum atomic E-state index is 13.5. The molecule has 0 unspecified atom stereocenters. The number of pyridine rings is 1. The minimum absolute atomic E-state index is 0.278. The van der Waals surface area contributed by atoms with Gasteiger partial charge in [0.05, 0.1) is 5.69 Å². The van der Waals surface area contributed by atoms with Gasteiger partial charge < -0.3 is 0 Å². The van der Waals surface area contributed by atoms with Crippen LogP contribution in [0.15, 0.2) is 48.5 Å². The van der Waals surface area contributed by atoms with Crippen molar-refractivity contribution in [1.29, 1.82) is 0 Å². The Labute approximate surface area is 108 Å². The lowest BCUT2D eigenvalue weighted by Crippen LogP contribution is -1.88. The van der Waals surface area contributed by atoms with Crippen molar-refractivity contribution in [2.45, 2.75) is 20.8 Å². The quantitative estimate of drug-likeness (QED) is 0.688. The summed E-state index contributed by atoms with van der Waals surface area (Å²) in [6, 6.07) is 1.99. The molecule has 0 aliphatic heterocycles. The van der Waals surface area contributed by atoms with Crippen molar-refractivity contribution in [3.63, 3.8) is 0 Å². The van der Waals surface area contributed by atoms with Crippen LogP contribution in [0.25, 0.3) is 12.2 Å². The number of hydrogen-bond acceptors (Lipinski definition) is 1. The minimum atomic E-state index is -0.278. The normalized spacial score (nSPS) is 13.1. The molecular weight excluding hydrogens is 225 g/mol. The number of halogens is 1. The van der Waals surface area contributed by atoms with Gasteiger partial charge in [0.1, 0.15) is 5.83 Å². The van der Waals surface area contributed by atoms with E-state index in [0.29, 0.717) is 5.57 Å². The summed E-state index contributed by atoms with van der Waals surface area (Å²) in [5.41, 5.74) is 3.47. The first-order valence-electron chi connectivity index (χ1n) is 5.84. The Morgan fingerprint density at radius 1 is 1.44 bits per heavy atom. The molecule has 94 valence electrons. The Morgan fingerprint density at radius 3 is 2.72 bits per heavy atom. The Morgan fingerprint density at radius 2 is 2.17 bits per heavy atom. The van der Waals surface area contributed by atoms with E-state index in [1.807, 2.05) is 32.1 Å². The van der Waals surface area contributed by atoms with Gasteiger partial charge in [-0.05, 0) is 61.8 Å². The van der Waals surface area contributed by atoms with Gasteiger partial charge in [0.25, 0.3) is 0 Å². The molecule has 0 radical (unpaired) electrons. The van der Waals surface area contributed by atoms with E-state index in [-0.39, 0.29) is 5.83 Å². The van der Waals surface area contributed by atoms with E-state index in [0.717, 1.165) is 16.8 Å². The average molecular weight is 243 g/mol. The molecule has 0 spiro atoms. The molecule has 0 N–H and O–H groups in total. The van der Waals surface area contributed by atoms with Gasteiger partial charge in [-0.3, -0.25) is 4.98 Å². The van der Waals surface area contributed by atoms with Crippen LogP contribution in [-0.2, 0) is 0 Å². The van der Waals surface area contributed by atoms with Crippen LogP contribution in [0.5, 0.6) is 0 Å². The lowest BCUT2D eigenvalue weighted by atomic mass is 10.1. The third-order valence-electron chi connectivity index (χ3n) is 2.49. The van der Waals surface area contributed by atoms with Crippen LogP contribution in [0.2, 0.25) is 0 Å². The molecule has 0 aliphatic carbocycles. The van der Waals surface area contributed by atoms with Crippen molar-refractivity contribution in [1.82, 2.24) is 4.98 Å². The fraction of sp³-hybridized carbons (Fsp3) is 0.188. The predicted molar refractivity (Wildman–Crippen MR) is 76.7 cm³/mol. The van der Waals surface area contributed by atoms with Crippen LogP contribution >= 0.6 is 0 Å². The summed E-state index contributed by atoms with van der Waals surface area (Å²) in [4.78, 5) is 4.33. The number of aromatic nitrogens is 1. The Bertz CT molecular complexity index is 522. The molecule has 0 fully saturated rings. The van der Waals surface area contributed by atoms with E-state index < -0.39 is 0 Å². The molecule has 18 heavy (non-hydrogen) atoms. The Balaban J connectivity index is 3.06. The Kier molecular flexibility index (Phi) is 5.25. The van der Waals surface area contributed by atoms with E-state index in [1.165, 1.54) is 12.2 Å². The lowest BCUT2D eigenvalue weighted by molar-refractivity contribution is 0.653. The highest BCUT2D eigenvalue weighted by molar-refractivity contribution is 5.59. The van der Waals surface area contributed by atoms with E-state index in [1.54, 1.807) is 19.2 Å². The second-order valence-electron chi connectivity index (χ2n) is 4.05. The summed E-state index contributed by atoms with van der Waals surface area (Å²) in [5.74, 6) is -0.278. The summed E-state index contributed by atoms with van der Waals surface area (Å²) >= 11 is 0. The van der Waals surface area contributed by atoms with E-state index in [9.17, 15) is 4.39 Å². The van der Waals surface area contributed by atoms with Gasteiger partial charge in [-0.15, -0.1) is 0 Å². The van der Waals surface area contributed by atoms with Crippen molar-refractivity contribution in [3.8, 4) is 0 Å². The molecule has 1 heterocycles. The predicted octanol–water partition coefficient (Wildman–Crippen LogP) is 4.87. The summed E-state index contributed by atoms with van der Waals surface area (Å²) in [7, 11) is 0. The average Bonchev–Trinajstić information content (AvgIpc) is 2.33. The SMILES string of the molecule is C=C/C=C(/F)C(C)=Cc1cnc(/C=C\C)c(C)c1. The van der Waals surface area contributed by atoms with Crippen molar-refractivity contribution in [2.24, 2.45) is 0 Å². The molecular formula is C16H18FN. The zero-order chi connectivity index (χ0) is 13.5. The molecule has 1 aromatic rings. The summed E-state index contributed by atoms with van der Waals surface area (Å²) in [6.07, 6.45) is 10.2. The van der Waals surface area contributed by atoms with Gasteiger partial charge >= 0.3 is 0 Å². The van der Waals surface area contributed by atoms with Crippen LogP contribution in [0.1, 0.15) is 30.7 Å². The third-order valence-corrected chi connectivity index (χ3v) is 2.49. The molecule has 0 atom stereocenters. The van der Waals surface area contributed by atoms with Gasteiger partial charge in [-0.25, -0.2) is 4.39 Å². The van der Waals surface area contributed by atoms with Gasteiger partial charge in [-0.2, -0.15) is 0 Å². The fourth-order valence-corrected chi connectivity index (χ4v) is 1.57. The monoisotopic (exact) mass is 243 g/mol. The smallest absolute Gasteiger partial charge is 0.126 e. The Hall–Kier alpha value is -1.96. The molecule has 0 bridgehead atoms. The molecule has 0 saturated carbocycles. The second-order valence-corrected chi connectivity index (χ2v) is 4.05. The van der Waals surface area contributed by atoms with Gasteiger partial charge in [-0.1, -0.05) is 18.7 Å². The highest BCUT2D eigenvalue weighted by Crippen LogP contribution is 2.17. The summed E-state index contributed by atoms with van der Waals surface area (Å²) in [5, 5.41) is 0. The van der Waals surface area contributed by atoms with E-state index in [4.69, 9.17) is 0 Å². The summed E-state index contributed by atoms with van der Waals surface area (Å²) in [6.45, 7) is 9.14. The zero-order valence-electron chi connectivity index (χ0n) is 11.1. The largest absolute Gasteiger partial charge is 0.256 e. The first kappa shape index (κ1) is 14.1. The van der Waals surface area contributed by atoms with Crippen molar-refractivity contribution >= 4 is 12.2 Å². The maximum Gasteiger partial charge on any atom is 0.126 e. The van der Waals surface area contributed by atoms with Crippen LogP contribution in [0.3, 0.4) is 0 Å². The molecule has 0 aromatic carbocycles. The first-order chi connectivity index (χ1) is 8.58. The number of hydrogen-bond donors (Lipinski definition) is 0. The molecule has 1 rings (SSSR count). The summed E-state index contributed by atoms with van der Waals surface area (Å²) < 4.78 is 13.5. The fourth-order valence-electron chi connectivity index (χ4n) is 1.57. The highest BCUT2D eigenvalue weighted by Gasteiger charge is 2.00. The molecule has 2 heteroatoms. The van der Waals surface area contributed by atoms with Crippen LogP contribution in [-0.4, -0.2) is 4.98 Å². The maximum absolute atomic E-state index is 13.5. The molecule has 1 aromatic heterocycles. The lowest BCUT2D eigenvalue weighted by Gasteiger charge is -2.02. The van der Waals surface area contributed by atoms with E-state index in [2.05, 4.69) is 11.6 Å². The van der Waals surface area contributed by atoms with Crippen molar-refractivity contribution < 1.29 is 4.39 Å². The second kappa shape index (κ2) is 6.70. The van der Waals surface area contributed by atoms with Gasteiger partial charge in [0.2, 0.25) is 0 Å². The van der Waals surface area contributed by atoms with Crippen LogP contribution in [0, 0.1) is 6.92 Å². The minimum Gasteiger partial charge on any atom is -0.256 e. The molecule has 0 saturated heterocycles. The number of nitrogens with zero attached hydrogens (tertiary/aromatic N) is 1. The number of allylic oxidation sites excluding steroid dienone is 5. The zero-order valence-corrected chi connectivity index (χ0v) is 11.1. The standard InChI is InChI=1S/C16H18FN/c1-5-7-15(17)12(3)9-14-10-13(4)16(8-6-2)18-11-14/h5-11H,1H2,2-4H3/b8-6-,12-9?,15-7+. The van der Waals surface area contributed by atoms with Crippen molar-refractivity contribution in [3.05, 3.63) is 65.3 Å². The number of rotatable bonds is 4. The van der Waals surface area contributed by atoms with Crippen LogP contribution in [0.4, 0.5) is 4.39 Å².